The zero-order valence-corrected chi connectivity index (χ0v) is 16.8. The Morgan fingerprint density at radius 1 is 1.23 bits per heavy atom. The highest BCUT2D eigenvalue weighted by molar-refractivity contribution is 6.13. The number of carbonyl (C=O) groups excluding carboxylic acids is 3. The summed E-state index contributed by atoms with van der Waals surface area (Å²) in [6.07, 6.45) is 2.23. The summed E-state index contributed by atoms with van der Waals surface area (Å²) in [5, 5.41) is 6.89. The fourth-order valence-corrected chi connectivity index (χ4v) is 3.75. The maximum absolute atomic E-state index is 13.2. The number of hydrogen-bond donors (Lipinski definition) is 2. The zero-order chi connectivity index (χ0) is 21.3. The molecule has 2 aromatic heterocycles. The Bertz CT molecular complexity index is 1100. The predicted octanol–water partition coefficient (Wildman–Crippen LogP) is 2.56. The van der Waals surface area contributed by atoms with Gasteiger partial charge in [0.2, 0.25) is 5.91 Å². The average Bonchev–Trinajstić information content (AvgIpc) is 3.47. The first kappa shape index (κ1) is 19.6. The first-order valence-electron chi connectivity index (χ1n) is 9.75. The van der Waals surface area contributed by atoms with Crippen molar-refractivity contribution in [3.8, 4) is 11.3 Å². The molecular formula is C22H22N4O4. The molecule has 1 aromatic carbocycles. The van der Waals surface area contributed by atoms with Crippen LogP contribution in [-0.4, -0.2) is 51.8 Å². The molecule has 154 valence electrons. The lowest BCUT2D eigenvalue weighted by Crippen LogP contribution is -2.37. The molecule has 8 nitrogen and oxygen atoms in total. The molecule has 0 radical (unpaired) electrons. The van der Waals surface area contributed by atoms with Gasteiger partial charge in [-0.25, -0.2) is 0 Å². The highest BCUT2D eigenvalue weighted by Crippen LogP contribution is 2.27. The summed E-state index contributed by atoms with van der Waals surface area (Å²) in [4.78, 5) is 41.8. The van der Waals surface area contributed by atoms with Gasteiger partial charge in [0.25, 0.3) is 5.91 Å². The first-order valence-corrected chi connectivity index (χ1v) is 9.75. The summed E-state index contributed by atoms with van der Waals surface area (Å²) in [5.74, 6) is -0.154. The van der Waals surface area contributed by atoms with Crippen LogP contribution in [0.4, 0.5) is 0 Å². The quantitative estimate of drug-likeness (QED) is 0.633. The van der Waals surface area contributed by atoms with E-state index >= 15 is 0 Å². The number of rotatable bonds is 5. The van der Waals surface area contributed by atoms with Crippen molar-refractivity contribution in [3.63, 3.8) is 0 Å². The number of aryl methyl sites for hydroxylation is 1. The number of nitrogens with one attached hydrogen (secondary N) is 2. The number of likely N-dealkylation sites (tertiary alicyclic amines) is 1. The minimum absolute atomic E-state index is 0.0457. The molecule has 1 unspecified atom stereocenters. The van der Waals surface area contributed by atoms with Crippen molar-refractivity contribution in [3.05, 3.63) is 65.2 Å². The Morgan fingerprint density at radius 3 is 2.73 bits per heavy atom. The zero-order valence-electron chi connectivity index (χ0n) is 16.8. The summed E-state index contributed by atoms with van der Waals surface area (Å²) in [5.41, 5.74) is 2.33. The second kappa shape index (κ2) is 7.98. The van der Waals surface area contributed by atoms with Crippen LogP contribution >= 0.6 is 0 Å². The van der Waals surface area contributed by atoms with Gasteiger partial charge in [0.15, 0.2) is 5.78 Å². The summed E-state index contributed by atoms with van der Waals surface area (Å²) in [7, 11) is 0. The van der Waals surface area contributed by atoms with Crippen LogP contribution < -0.4 is 5.32 Å². The minimum atomic E-state index is -0.263. The van der Waals surface area contributed by atoms with Gasteiger partial charge in [-0.05, 0) is 19.4 Å². The van der Waals surface area contributed by atoms with Gasteiger partial charge in [0, 0.05) is 43.4 Å². The lowest BCUT2D eigenvalue weighted by atomic mass is 9.99. The van der Waals surface area contributed by atoms with Crippen LogP contribution in [-0.2, 0) is 4.79 Å². The maximum Gasteiger partial charge on any atom is 0.270 e. The highest BCUT2D eigenvalue weighted by Gasteiger charge is 2.29. The number of benzene rings is 1. The summed E-state index contributed by atoms with van der Waals surface area (Å²) >= 11 is 0. The van der Waals surface area contributed by atoms with Crippen molar-refractivity contribution < 1.29 is 18.9 Å². The average molecular weight is 406 g/mol. The second-order valence-corrected chi connectivity index (χ2v) is 7.40. The molecule has 2 N–H and O–H groups in total. The van der Waals surface area contributed by atoms with Gasteiger partial charge in [-0.1, -0.05) is 35.5 Å². The standard InChI is InChI=1S/C22H22N4O4/c1-13-19(20(25-30-13)15-6-4-3-5-7-15)21(28)16-10-18(23-11-16)22(29)26-9-8-17(12-26)24-14(2)27/h3-7,10-11,17,23H,8-9,12H2,1-2H3,(H,24,27). The third-order valence-corrected chi connectivity index (χ3v) is 5.20. The van der Waals surface area contributed by atoms with Crippen molar-refractivity contribution >= 4 is 17.6 Å². The van der Waals surface area contributed by atoms with Crippen LogP contribution in [0.3, 0.4) is 0 Å². The Labute approximate surface area is 173 Å². The molecule has 0 bridgehead atoms. The smallest absolute Gasteiger partial charge is 0.270 e. The number of hydrogen-bond acceptors (Lipinski definition) is 5. The SMILES string of the molecule is CC(=O)NC1CCN(C(=O)c2cc(C(=O)c3c(-c4ccccc4)noc3C)c[nH]2)C1. The van der Waals surface area contributed by atoms with Crippen LogP contribution in [0.15, 0.2) is 47.1 Å². The van der Waals surface area contributed by atoms with Crippen LogP contribution in [0, 0.1) is 6.92 Å². The number of nitrogens with zero attached hydrogens (tertiary/aromatic N) is 2. The van der Waals surface area contributed by atoms with Crippen molar-refractivity contribution in [2.24, 2.45) is 0 Å². The van der Waals surface area contributed by atoms with Crippen LogP contribution in [0.25, 0.3) is 11.3 Å². The molecule has 2 amide bonds. The van der Waals surface area contributed by atoms with E-state index in [-0.39, 0.29) is 23.6 Å². The molecule has 0 aliphatic carbocycles. The van der Waals surface area contributed by atoms with E-state index in [0.717, 1.165) is 5.56 Å². The number of aromatic nitrogens is 2. The number of ketones is 1. The topological polar surface area (TPSA) is 108 Å². The van der Waals surface area contributed by atoms with Gasteiger partial charge in [-0.15, -0.1) is 0 Å². The first-order chi connectivity index (χ1) is 14.4. The van der Waals surface area contributed by atoms with E-state index in [0.29, 0.717) is 47.8 Å². The summed E-state index contributed by atoms with van der Waals surface area (Å²) in [6, 6.07) is 10.8. The molecule has 0 saturated carbocycles. The van der Waals surface area contributed by atoms with E-state index in [9.17, 15) is 14.4 Å². The summed E-state index contributed by atoms with van der Waals surface area (Å²) in [6.45, 7) is 4.15. The lowest BCUT2D eigenvalue weighted by Gasteiger charge is -2.15. The fourth-order valence-electron chi connectivity index (χ4n) is 3.75. The molecule has 3 heterocycles. The second-order valence-electron chi connectivity index (χ2n) is 7.40. The maximum atomic E-state index is 13.2. The third-order valence-electron chi connectivity index (χ3n) is 5.20. The van der Waals surface area contributed by atoms with Gasteiger partial charge in [-0.3, -0.25) is 14.4 Å². The predicted molar refractivity (Wildman–Crippen MR) is 109 cm³/mol. The Hall–Kier alpha value is -3.68. The van der Waals surface area contributed by atoms with Crippen LogP contribution in [0.5, 0.6) is 0 Å². The molecule has 30 heavy (non-hydrogen) atoms. The van der Waals surface area contributed by atoms with Crippen molar-refractivity contribution in [2.75, 3.05) is 13.1 Å². The van der Waals surface area contributed by atoms with Gasteiger partial charge >= 0.3 is 0 Å². The molecule has 1 aliphatic heterocycles. The van der Waals surface area contributed by atoms with E-state index in [1.54, 1.807) is 17.9 Å². The Balaban J connectivity index is 1.54. The van der Waals surface area contributed by atoms with E-state index < -0.39 is 0 Å². The van der Waals surface area contributed by atoms with Crippen LogP contribution in [0.2, 0.25) is 0 Å². The molecule has 4 rings (SSSR count). The van der Waals surface area contributed by atoms with Crippen molar-refractivity contribution in [1.29, 1.82) is 0 Å². The van der Waals surface area contributed by atoms with E-state index in [1.165, 1.54) is 13.1 Å². The summed E-state index contributed by atoms with van der Waals surface area (Å²) < 4.78 is 5.28. The molecule has 3 aromatic rings. The lowest BCUT2D eigenvalue weighted by molar-refractivity contribution is -0.119. The molecule has 1 saturated heterocycles. The van der Waals surface area contributed by atoms with E-state index in [4.69, 9.17) is 4.52 Å². The molecule has 1 aliphatic rings. The van der Waals surface area contributed by atoms with Crippen molar-refractivity contribution in [2.45, 2.75) is 26.3 Å². The number of aromatic amines is 1. The van der Waals surface area contributed by atoms with E-state index in [2.05, 4.69) is 15.5 Å². The number of carbonyl (C=O) groups is 3. The van der Waals surface area contributed by atoms with Crippen molar-refractivity contribution in [1.82, 2.24) is 20.4 Å². The number of amides is 2. The fraction of sp³-hybridized carbons (Fsp3) is 0.273. The highest BCUT2D eigenvalue weighted by atomic mass is 16.5. The third kappa shape index (κ3) is 3.76. The Kier molecular flexibility index (Phi) is 5.22. The number of H-pyrrole nitrogens is 1. The monoisotopic (exact) mass is 406 g/mol. The largest absolute Gasteiger partial charge is 0.360 e. The van der Waals surface area contributed by atoms with Gasteiger partial charge in [-0.2, -0.15) is 0 Å². The van der Waals surface area contributed by atoms with Gasteiger partial charge in [0.1, 0.15) is 17.1 Å². The molecule has 1 atom stereocenters. The van der Waals surface area contributed by atoms with Gasteiger partial charge < -0.3 is 19.7 Å². The molecular weight excluding hydrogens is 384 g/mol. The molecule has 1 fully saturated rings. The molecule has 0 spiro atoms. The Morgan fingerprint density at radius 2 is 2.00 bits per heavy atom. The molecule has 8 heteroatoms. The van der Waals surface area contributed by atoms with E-state index in [1.807, 2.05) is 30.3 Å². The van der Waals surface area contributed by atoms with Crippen LogP contribution in [0.1, 0.15) is 45.5 Å². The normalized spacial score (nSPS) is 15.9. The minimum Gasteiger partial charge on any atom is -0.360 e. The van der Waals surface area contributed by atoms with Gasteiger partial charge in [0.05, 0.1) is 5.56 Å².